The number of rotatable bonds is 2. The lowest BCUT2D eigenvalue weighted by Gasteiger charge is -1.94. The molecule has 4 nitrogen and oxygen atoms in total. The van der Waals surface area contributed by atoms with Crippen LogP contribution in [-0.4, -0.2) is 10.2 Å². The molecule has 0 aliphatic carbocycles. The van der Waals surface area contributed by atoms with Gasteiger partial charge in [0.25, 0.3) is 0 Å². The SMILES string of the molecule is Oc1ccc(/N=N/c2ccc(O)cc2)cc1. The van der Waals surface area contributed by atoms with Gasteiger partial charge in [-0.15, -0.1) is 0 Å². The average Bonchev–Trinajstić information content (AvgIpc) is 2.30. The lowest BCUT2D eigenvalue weighted by molar-refractivity contribution is 0.475. The number of aromatic hydroxyl groups is 2. The van der Waals surface area contributed by atoms with Crippen molar-refractivity contribution in [2.24, 2.45) is 10.2 Å². The highest BCUT2D eigenvalue weighted by Crippen LogP contribution is 2.21. The van der Waals surface area contributed by atoms with Gasteiger partial charge in [-0.25, -0.2) is 0 Å². The second kappa shape index (κ2) is 4.44. The van der Waals surface area contributed by atoms with Gasteiger partial charge in [-0.1, -0.05) is 0 Å². The number of nitrogens with zero attached hydrogens (tertiary/aromatic N) is 2. The van der Waals surface area contributed by atoms with Crippen molar-refractivity contribution < 1.29 is 10.2 Å². The molecule has 2 aromatic rings. The maximum Gasteiger partial charge on any atom is 0.115 e. The minimum atomic E-state index is 0.198. The van der Waals surface area contributed by atoms with Gasteiger partial charge < -0.3 is 10.2 Å². The quantitative estimate of drug-likeness (QED) is 0.751. The second-order valence-electron chi connectivity index (χ2n) is 3.23. The van der Waals surface area contributed by atoms with Gasteiger partial charge in [0.15, 0.2) is 0 Å². The summed E-state index contributed by atoms with van der Waals surface area (Å²) in [6.07, 6.45) is 0. The van der Waals surface area contributed by atoms with Gasteiger partial charge in [-0.05, 0) is 48.5 Å². The van der Waals surface area contributed by atoms with E-state index in [9.17, 15) is 0 Å². The molecule has 2 N–H and O–H groups in total. The largest absolute Gasteiger partial charge is 0.508 e. The van der Waals surface area contributed by atoms with Gasteiger partial charge in [0, 0.05) is 0 Å². The molecule has 2 rings (SSSR count). The molecule has 16 heavy (non-hydrogen) atoms. The minimum absolute atomic E-state index is 0.198. The molecule has 4 heteroatoms. The second-order valence-corrected chi connectivity index (χ2v) is 3.23. The Kier molecular flexibility index (Phi) is 2.82. The summed E-state index contributed by atoms with van der Waals surface area (Å²) in [5, 5.41) is 26.1. The molecular weight excluding hydrogens is 204 g/mol. The number of benzene rings is 2. The molecular formula is C12H10N2O2. The molecule has 0 amide bonds. The van der Waals surface area contributed by atoms with Gasteiger partial charge in [0.2, 0.25) is 0 Å². The lowest BCUT2D eigenvalue weighted by Crippen LogP contribution is -1.66. The lowest BCUT2D eigenvalue weighted by atomic mass is 10.3. The average molecular weight is 214 g/mol. The van der Waals surface area contributed by atoms with Gasteiger partial charge in [0.1, 0.15) is 11.5 Å². The van der Waals surface area contributed by atoms with Crippen molar-refractivity contribution in [1.82, 2.24) is 0 Å². The first kappa shape index (κ1) is 10.2. The summed E-state index contributed by atoms with van der Waals surface area (Å²) >= 11 is 0. The monoisotopic (exact) mass is 214 g/mol. The molecule has 2 aromatic carbocycles. The molecule has 0 fully saturated rings. The third kappa shape index (κ3) is 2.57. The first-order chi connectivity index (χ1) is 7.74. The van der Waals surface area contributed by atoms with Crippen LogP contribution >= 0.6 is 0 Å². The Bertz CT molecular complexity index is 442. The fourth-order valence-electron chi connectivity index (χ4n) is 1.15. The Morgan fingerprint density at radius 2 is 0.875 bits per heavy atom. The number of phenols is 2. The maximum atomic E-state index is 9.07. The van der Waals surface area contributed by atoms with E-state index in [2.05, 4.69) is 10.2 Å². The van der Waals surface area contributed by atoms with E-state index in [1.54, 1.807) is 48.5 Å². The van der Waals surface area contributed by atoms with Crippen molar-refractivity contribution >= 4 is 11.4 Å². The van der Waals surface area contributed by atoms with Crippen molar-refractivity contribution in [2.45, 2.75) is 0 Å². The standard InChI is InChI=1S/C12H10N2O2/c15-11-5-1-9(2-6-11)13-14-10-3-7-12(16)8-4-10/h1-8,15-16H/b14-13+. The summed E-state index contributed by atoms with van der Waals surface area (Å²) < 4.78 is 0. The van der Waals surface area contributed by atoms with Gasteiger partial charge in [-0.2, -0.15) is 10.2 Å². The fraction of sp³-hybridized carbons (Fsp3) is 0. The van der Waals surface area contributed by atoms with Crippen LogP contribution in [-0.2, 0) is 0 Å². The zero-order valence-corrected chi connectivity index (χ0v) is 8.41. The van der Waals surface area contributed by atoms with Crippen molar-refractivity contribution in [3.05, 3.63) is 48.5 Å². The van der Waals surface area contributed by atoms with E-state index in [-0.39, 0.29) is 11.5 Å². The van der Waals surface area contributed by atoms with Gasteiger partial charge in [-0.3, -0.25) is 0 Å². The molecule has 0 aliphatic rings. The molecule has 0 atom stereocenters. The van der Waals surface area contributed by atoms with Crippen molar-refractivity contribution in [2.75, 3.05) is 0 Å². The third-order valence-electron chi connectivity index (χ3n) is 1.98. The molecule has 0 bridgehead atoms. The van der Waals surface area contributed by atoms with E-state index in [1.165, 1.54) is 0 Å². The molecule has 0 saturated heterocycles. The first-order valence-electron chi connectivity index (χ1n) is 4.74. The molecule has 0 aliphatic heterocycles. The van der Waals surface area contributed by atoms with Crippen LogP contribution in [0.3, 0.4) is 0 Å². The summed E-state index contributed by atoms with van der Waals surface area (Å²) in [4.78, 5) is 0. The molecule has 0 spiro atoms. The molecule has 0 unspecified atom stereocenters. The van der Waals surface area contributed by atoms with Gasteiger partial charge in [0.05, 0.1) is 11.4 Å². The zero-order chi connectivity index (χ0) is 11.4. The smallest absolute Gasteiger partial charge is 0.115 e. The van der Waals surface area contributed by atoms with Crippen LogP contribution in [0.25, 0.3) is 0 Å². The van der Waals surface area contributed by atoms with Crippen molar-refractivity contribution in [1.29, 1.82) is 0 Å². The summed E-state index contributed by atoms with van der Waals surface area (Å²) in [5.41, 5.74) is 1.32. The molecule has 0 heterocycles. The Morgan fingerprint density at radius 1 is 0.562 bits per heavy atom. The predicted octanol–water partition coefficient (Wildman–Crippen LogP) is 3.51. The molecule has 0 aromatic heterocycles. The van der Waals surface area contributed by atoms with Crippen LogP contribution in [0.1, 0.15) is 0 Å². The van der Waals surface area contributed by atoms with Crippen molar-refractivity contribution in [3.63, 3.8) is 0 Å². The highest BCUT2D eigenvalue weighted by molar-refractivity contribution is 5.43. The van der Waals surface area contributed by atoms with E-state index in [4.69, 9.17) is 10.2 Å². The molecule has 0 saturated carbocycles. The van der Waals surface area contributed by atoms with Gasteiger partial charge >= 0.3 is 0 Å². The van der Waals surface area contributed by atoms with Crippen molar-refractivity contribution in [3.8, 4) is 11.5 Å². The molecule has 80 valence electrons. The number of azo groups is 1. The van der Waals surface area contributed by atoms with Crippen LogP contribution in [0.15, 0.2) is 58.8 Å². The van der Waals surface area contributed by atoms with Crippen LogP contribution in [0, 0.1) is 0 Å². The number of hydrogen-bond acceptors (Lipinski definition) is 4. The van der Waals surface area contributed by atoms with E-state index in [0.717, 1.165) is 0 Å². The Labute approximate surface area is 92.5 Å². The van der Waals surface area contributed by atoms with E-state index < -0.39 is 0 Å². The normalized spacial score (nSPS) is 10.8. The summed E-state index contributed by atoms with van der Waals surface area (Å²) in [5.74, 6) is 0.396. The highest BCUT2D eigenvalue weighted by atomic mass is 16.3. The van der Waals surface area contributed by atoms with E-state index in [1.807, 2.05) is 0 Å². The maximum absolute atomic E-state index is 9.07. The summed E-state index contributed by atoms with van der Waals surface area (Å²) in [7, 11) is 0. The third-order valence-corrected chi connectivity index (χ3v) is 1.98. The van der Waals surface area contributed by atoms with Crippen LogP contribution in [0.4, 0.5) is 11.4 Å². The fourth-order valence-corrected chi connectivity index (χ4v) is 1.15. The van der Waals surface area contributed by atoms with Crippen LogP contribution < -0.4 is 0 Å². The predicted molar refractivity (Wildman–Crippen MR) is 60.4 cm³/mol. The Hall–Kier alpha value is -2.36. The molecule has 0 radical (unpaired) electrons. The highest BCUT2D eigenvalue weighted by Gasteiger charge is 1.92. The number of hydrogen-bond donors (Lipinski definition) is 2. The van der Waals surface area contributed by atoms with Crippen LogP contribution in [0.2, 0.25) is 0 Å². The summed E-state index contributed by atoms with van der Waals surface area (Å²) in [6.45, 7) is 0. The minimum Gasteiger partial charge on any atom is -0.508 e. The topological polar surface area (TPSA) is 65.2 Å². The van der Waals surface area contributed by atoms with E-state index >= 15 is 0 Å². The van der Waals surface area contributed by atoms with Crippen LogP contribution in [0.5, 0.6) is 11.5 Å². The number of phenolic OH excluding ortho intramolecular Hbond substituents is 2. The zero-order valence-electron chi connectivity index (χ0n) is 8.41. The summed E-state index contributed by atoms with van der Waals surface area (Å²) in [6, 6.07) is 12.9. The Morgan fingerprint density at radius 3 is 1.19 bits per heavy atom. The Balaban J connectivity index is 2.15. The first-order valence-corrected chi connectivity index (χ1v) is 4.74. The van der Waals surface area contributed by atoms with E-state index in [0.29, 0.717) is 11.4 Å².